The molecule has 1 aromatic carbocycles. The molecule has 0 amide bonds. The minimum absolute atomic E-state index is 1.34. The lowest BCUT2D eigenvalue weighted by Gasteiger charge is -2.01. The molecule has 0 aliphatic heterocycles. The summed E-state index contributed by atoms with van der Waals surface area (Å²) in [6.07, 6.45) is 2.11. The SMILES string of the molecule is CSc1c(I)cccc1I. The van der Waals surface area contributed by atoms with Gasteiger partial charge >= 0.3 is 0 Å². The molecule has 0 unspecified atom stereocenters. The summed E-state index contributed by atoms with van der Waals surface area (Å²) in [4.78, 5) is 1.39. The molecule has 0 fully saturated rings. The number of benzene rings is 1. The predicted octanol–water partition coefficient (Wildman–Crippen LogP) is 3.62. The van der Waals surface area contributed by atoms with E-state index in [4.69, 9.17) is 0 Å². The Kier molecular flexibility index (Phi) is 3.79. The van der Waals surface area contributed by atoms with E-state index in [9.17, 15) is 0 Å². The molecule has 0 saturated heterocycles. The molecule has 0 nitrogen and oxygen atoms in total. The van der Waals surface area contributed by atoms with Crippen LogP contribution in [0, 0.1) is 7.14 Å². The number of rotatable bonds is 1. The van der Waals surface area contributed by atoms with Crippen LogP contribution in [0.3, 0.4) is 0 Å². The molecule has 0 spiro atoms. The molecule has 0 aromatic heterocycles. The van der Waals surface area contributed by atoms with Crippen LogP contribution in [0.5, 0.6) is 0 Å². The molecule has 1 aromatic rings. The van der Waals surface area contributed by atoms with Crippen LogP contribution in [0.4, 0.5) is 0 Å². The van der Waals surface area contributed by atoms with Gasteiger partial charge in [0.25, 0.3) is 0 Å². The van der Waals surface area contributed by atoms with Crippen LogP contribution in [0.15, 0.2) is 23.1 Å². The lowest BCUT2D eigenvalue weighted by Crippen LogP contribution is -1.81. The molecule has 10 heavy (non-hydrogen) atoms. The van der Waals surface area contributed by atoms with Crippen molar-refractivity contribution < 1.29 is 0 Å². The van der Waals surface area contributed by atoms with Gasteiger partial charge in [0.1, 0.15) is 0 Å². The normalized spacial score (nSPS) is 9.90. The van der Waals surface area contributed by atoms with Gasteiger partial charge in [0.15, 0.2) is 0 Å². The minimum Gasteiger partial charge on any atom is -0.127 e. The maximum absolute atomic E-state index is 2.36. The van der Waals surface area contributed by atoms with E-state index in [0.717, 1.165) is 0 Å². The van der Waals surface area contributed by atoms with Crippen molar-refractivity contribution in [1.29, 1.82) is 0 Å². The lowest BCUT2D eigenvalue weighted by atomic mass is 10.4. The number of thioether (sulfide) groups is 1. The van der Waals surface area contributed by atoms with Crippen molar-refractivity contribution in [2.24, 2.45) is 0 Å². The van der Waals surface area contributed by atoms with Gasteiger partial charge in [-0.15, -0.1) is 11.8 Å². The summed E-state index contributed by atoms with van der Waals surface area (Å²) in [5.41, 5.74) is 0. The second kappa shape index (κ2) is 4.15. The van der Waals surface area contributed by atoms with E-state index < -0.39 is 0 Å². The summed E-state index contributed by atoms with van der Waals surface area (Å²) in [5.74, 6) is 0. The summed E-state index contributed by atoms with van der Waals surface area (Å²) in [6, 6.07) is 6.35. The molecule has 0 saturated carbocycles. The molecular formula is C7H6I2S. The van der Waals surface area contributed by atoms with E-state index in [0.29, 0.717) is 0 Å². The van der Waals surface area contributed by atoms with E-state index in [1.807, 2.05) is 11.8 Å². The Bertz CT molecular complexity index is 215. The standard InChI is InChI=1S/C7H6I2S/c1-10-7-5(8)3-2-4-6(7)9/h2-4H,1H3. The summed E-state index contributed by atoms with van der Waals surface area (Å²) >= 11 is 6.53. The van der Waals surface area contributed by atoms with Gasteiger partial charge in [-0.25, -0.2) is 0 Å². The Balaban J connectivity index is 3.17. The summed E-state index contributed by atoms with van der Waals surface area (Å²) in [5, 5.41) is 0. The third kappa shape index (κ3) is 2.01. The highest BCUT2D eigenvalue weighted by atomic mass is 127. The average molecular weight is 376 g/mol. The molecule has 0 N–H and O–H groups in total. The average Bonchev–Trinajstić information content (AvgIpc) is 1.88. The van der Waals surface area contributed by atoms with E-state index in [1.54, 1.807) is 0 Å². The Morgan fingerprint density at radius 3 is 2.00 bits per heavy atom. The van der Waals surface area contributed by atoms with Gasteiger partial charge in [0.05, 0.1) is 0 Å². The third-order valence-corrected chi connectivity index (χ3v) is 4.50. The van der Waals surface area contributed by atoms with Crippen LogP contribution in [-0.2, 0) is 0 Å². The molecule has 0 heterocycles. The Hall–Kier alpha value is 1.03. The van der Waals surface area contributed by atoms with Crippen LogP contribution in [-0.4, -0.2) is 6.26 Å². The van der Waals surface area contributed by atoms with Gasteiger partial charge in [0.2, 0.25) is 0 Å². The highest BCUT2D eigenvalue weighted by Crippen LogP contribution is 2.26. The molecule has 1 rings (SSSR count). The fraction of sp³-hybridized carbons (Fsp3) is 0.143. The zero-order valence-electron chi connectivity index (χ0n) is 5.40. The first-order valence-corrected chi connectivity index (χ1v) is 6.12. The van der Waals surface area contributed by atoms with Crippen LogP contribution in [0.25, 0.3) is 0 Å². The third-order valence-electron chi connectivity index (χ3n) is 1.12. The molecule has 3 heteroatoms. The van der Waals surface area contributed by atoms with Crippen LogP contribution in [0.1, 0.15) is 0 Å². The van der Waals surface area contributed by atoms with Crippen molar-refractivity contribution in [2.75, 3.05) is 6.26 Å². The number of halogens is 2. The van der Waals surface area contributed by atoms with Gasteiger partial charge in [-0.05, 0) is 63.6 Å². The Morgan fingerprint density at radius 1 is 1.20 bits per heavy atom. The molecule has 0 radical (unpaired) electrons. The van der Waals surface area contributed by atoms with Crippen LogP contribution >= 0.6 is 56.9 Å². The summed E-state index contributed by atoms with van der Waals surface area (Å²) in [7, 11) is 0. The minimum atomic E-state index is 1.34. The van der Waals surface area contributed by atoms with Gasteiger partial charge in [0, 0.05) is 12.0 Å². The maximum Gasteiger partial charge on any atom is 0.0337 e. The van der Waals surface area contributed by atoms with E-state index in [2.05, 4.69) is 69.6 Å². The van der Waals surface area contributed by atoms with Gasteiger partial charge in [-0.1, -0.05) is 6.07 Å². The van der Waals surface area contributed by atoms with Gasteiger partial charge in [-0.2, -0.15) is 0 Å². The largest absolute Gasteiger partial charge is 0.127 e. The molecule has 0 bridgehead atoms. The first-order chi connectivity index (χ1) is 4.75. The van der Waals surface area contributed by atoms with E-state index in [1.165, 1.54) is 12.0 Å². The van der Waals surface area contributed by atoms with Gasteiger partial charge in [-0.3, -0.25) is 0 Å². The molecule has 54 valence electrons. The zero-order chi connectivity index (χ0) is 7.56. The van der Waals surface area contributed by atoms with Crippen molar-refractivity contribution >= 4 is 56.9 Å². The number of hydrogen-bond acceptors (Lipinski definition) is 1. The van der Waals surface area contributed by atoms with E-state index in [-0.39, 0.29) is 0 Å². The fourth-order valence-corrected chi connectivity index (χ4v) is 4.04. The monoisotopic (exact) mass is 376 g/mol. The fourth-order valence-electron chi connectivity index (χ4n) is 0.678. The lowest BCUT2D eigenvalue weighted by molar-refractivity contribution is 1.35. The first-order valence-electron chi connectivity index (χ1n) is 2.73. The van der Waals surface area contributed by atoms with Crippen molar-refractivity contribution in [2.45, 2.75) is 4.90 Å². The maximum atomic E-state index is 2.36. The zero-order valence-corrected chi connectivity index (χ0v) is 10.5. The number of hydrogen-bond donors (Lipinski definition) is 0. The Morgan fingerprint density at radius 2 is 1.70 bits per heavy atom. The molecule has 0 aliphatic rings. The summed E-state index contributed by atoms with van der Waals surface area (Å²) in [6.45, 7) is 0. The highest BCUT2D eigenvalue weighted by molar-refractivity contribution is 14.1. The molecular weight excluding hydrogens is 370 g/mol. The van der Waals surface area contributed by atoms with Crippen molar-refractivity contribution in [3.63, 3.8) is 0 Å². The van der Waals surface area contributed by atoms with Crippen molar-refractivity contribution in [3.05, 3.63) is 25.3 Å². The predicted molar refractivity (Wildman–Crippen MR) is 63.7 cm³/mol. The second-order valence-corrected chi connectivity index (χ2v) is 4.90. The van der Waals surface area contributed by atoms with Gasteiger partial charge < -0.3 is 0 Å². The smallest absolute Gasteiger partial charge is 0.0337 e. The first kappa shape index (κ1) is 9.12. The topological polar surface area (TPSA) is 0 Å². The molecule has 0 aliphatic carbocycles. The highest BCUT2D eigenvalue weighted by Gasteiger charge is 2.00. The van der Waals surface area contributed by atoms with Crippen LogP contribution in [0.2, 0.25) is 0 Å². The van der Waals surface area contributed by atoms with E-state index >= 15 is 0 Å². The molecule has 0 atom stereocenters. The second-order valence-electron chi connectivity index (χ2n) is 1.75. The summed E-state index contributed by atoms with van der Waals surface area (Å²) < 4.78 is 2.69. The Labute approximate surface area is 92.4 Å². The quantitative estimate of drug-likeness (QED) is 0.533. The van der Waals surface area contributed by atoms with Crippen LogP contribution < -0.4 is 0 Å². The van der Waals surface area contributed by atoms with Crippen molar-refractivity contribution in [3.8, 4) is 0 Å². The van der Waals surface area contributed by atoms with Crippen molar-refractivity contribution in [1.82, 2.24) is 0 Å².